The van der Waals surface area contributed by atoms with E-state index in [0.29, 0.717) is 6.42 Å². The molecule has 6 heteroatoms. The molecular formula is C14H18F2N2O2. The van der Waals surface area contributed by atoms with E-state index >= 15 is 0 Å². The van der Waals surface area contributed by atoms with E-state index in [0.717, 1.165) is 31.4 Å². The number of rotatable bonds is 3. The third-order valence-corrected chi connectivity index (χ3v) is 3.58. The molecule has 110 valence electrons. The number of anilines is 1. The van der Waals surface area contributed by atoms with Gasteiger partial charge in [-0.1, -0.05) is 6.42 Å². The van der Waals surface area contributed by atoms with Crippen LogP contribution in [0.25, 0.3) is 0 Å². The average Bonchev–Trinajstić information content (AvgIpc) is 2.42. The highest BCUT2D eigenvalue weighted by atomic mass is 19.1. The SMILES string of the molecule is COc1cc(F)c(NC(=O)C2CCCC(N)C2)cc1F. The highest BCUT2D eigenvalue weighted by Crippen LogP contribution is 2.27. The van der Waals surface area contributed by atoms with Crippen LogP contribution in [0.4, 0.5) is 14.5 Å². The molecule has 1 fully saturated rings. The summed E-state index contributed by atoms with van der Waals surface area (Å²) in [6, 6.07) is 1.84. The van der Waals surface area contributed by atoms with E-state index in [2.05, 4.69) is 10.1 Å². The molecule has 4 nitrogen and oxygen atoms in total. The van der Waals surface area contributed by atoms with E-state index in [9.17, 15) is 13.6 Å². The van der Waals surface area contributed by atoms with E-state index in [4.69, 9.17) is 5.73 Å². The van der Waals surface area contributed by atoms with Crippen LogP contribution in [0, 0.1) is 17.6 Å². The molecule has 2 unspecified atom stereocenters. The Hall–Kier alpha value is -1.69. The van der Waals surface area contributed by atoms with E-state index in [-0.39, 0.29) is 29.3 Å². The summed E-state index contributed by atoms with van der Waals surface area (Å²) < 4.78 is 31.9. The smallest absolute Gasteiger partial charge is 0.227 e. The lowest BCUT2D eigenvalue weighted by Crippen LogP contribution is -2.34. The predicted molar refractivity (Wildman–Crippen MR) is 71.5 cm³/mol. The Morgan fingerprint density at radius 3 is 2.75 bits per heavy atom. The van der Waals surface area contributed by atoms with Crippen molar-refractivity contribution in [3.8, 4) is 5.75 Å². The van der Waals surface area contributed by atoms with Crippen molar-refractivity contribution < 1.29 is 18.3 Å². The van der Waals surface area contributed by atoms with Gasteiger partial charge in [0.1, 0.15) is 0 Å². The molecule has 3 N–H and O–H groups in total. The number of hydrogen-bond acceptors (Lipinski definition) is 3. The van der Waals surface area contributed by atoms with E-state index in [1.807, 2.05) is 0 Å². The molecule has 1 aromatic rings. The number of nitrogens with two attached hydrogens (primary N) is 1. The van der Waals surface area contributed by atoms with Gasteiger partial charge in [-0.2, -0.15) is 0 Å². The minimum Gasteiger partial charge on any atom is -0.494 e. The topological polar surface area (TPSA) is 64.3 Å². The second-order valence-electron chi connectivity index (χ2n) is 5.08. The molecule has 0 saturated heterocycles. The van der Waals surface area contributed by atoms with Gasteiger partial charge in [0.2, 0.25) is 5.91 Å². The normalized spacial score (nSPS) is 22.4. The van der Waals surface area contributed by atoms with Crippen molar-refractivity contribution in [1.82, 2.24) is 0 Å². The minimum absolute atomic E-state index is 0.00282. The quantitative estimate of drug-likeness (QED) is 0.896. The largest absolute Gasteiger partial charge is 0.494 e. The van der Waals surface area contributed by atoms with Crippen LogP contribution in [-0.4, -0.2) is 19.1 Å². The van der Waals surface area contributed by atoms with Crippen LogP contribution < -0.4 is 15.8 Å². The van der Waals surface area contributed by atoms with Gasteiger partial charge in [-0.25, -0.2) is 8.78 Å². The van der Waals surface area contributed by atoms with Gasteiger partial charge in [-0.3, -0.25) is 4.79 Å². The molecule has 2 rings (SSSR count). The first-order chi connectivity index (χ1) is 9.51. The number of amides is 1. The summed E-state index contributed by atoms with van der Waals surface area (Å²) in [5.41, 5.74) is 5.64. The van der Waals surface area contributed by atoms with Crippen LogP contribution in [0.1, 0.15) is 25.7 Å². The van der Waals surface area contributed by atoms with Crippen molar-refractivity contribution in [3.05, 3.63) is 23.8 Å². The molecule has 20 heavy (non-hydrogen) atoms. The molecule has 0 radical (unpaired) electrons. The van der Waals surface area contributed by atoms with Gasteiger partial charge in [-0.05, 0) is 19.3 Å². The van der Waals surface area contributed by atoms with Crippen molar-refractivity contribution >= 4 is 11.6 Å². The lowest BCUT2D eigenvalue weighted by atomic mass is 9.85. The van der Waals surface area contributed by atoms with Crippen LogP contribution in [0.15, 0.2) is 12.1 Å². The number of carbonyl (C=O) groups is 1. The van der Waals surface area contributed by atoms with E-state index < -0.39 is 11.6 Å². The summed E-state index contributed by atoms with van der Waals surface area (Å²) >= 11 is 0. The molecule has 0 aromatic heterocycles. The Balaban J connectivity index is 2.09. The molecule has 1 amide bonds. The number of benzene rings is 1. The number of nitrogens with one attached hydrogen (secondary N) is 1. The maximum atomic E-state index is 13.7. The predicted octanol–water partition coefficient (Wildman–Crippen LogP) is 2.43. The van der Waals surface area contributed by atoms with Crippen molar-refractivity contribution in [1.29, 1.82) is 0 Å². The number of carbonyl (C=O) groups excluding carboxylic acids is 1. The van der Waals surface area contributed by atoms with Crippen LogP contribution in [0.3, 0.4) is 0 Å². The zero-order chi connectivity index (χ0) is 14.7. The van der Waals surface area contributed by atoms with E-state index in [1.54, 1.807) is 0 Å². The Labute approximate surface area is 116 Å². The number of hydrogen-bond donors (Lipinski definition) is 2. The van der Waals surface area contributed by atoms with Crippen molar-refractivity contribution in [2.24, 2.45) is 11.7 Å². The van der Waals surface area contributed by atoms with Gasteiger partial charge < -0.3 is 15.8 Å². The van der Waals surface area contributed by atoms with Gasteiger partial charge in [-0.15, -0.1) is 0 Å². The third-order valence-electron chi connectivity index (χ3n) is 3.58. The van der Waals surface area contributed by atoms with Gasteiger partial charge in [0, 0.05) is 24.1 Å². The molecule has 1 aliphatic carbocycles. The van der Waals surface area contributed by atoms with Crippen LogP contribution in [0.2, 0.25) is 0 Å². The lowest BCUT2D eigenvalue weighted by Gasteiger charge is -2.25. The van der Waals surface area contributed by atoms with Crippen molar-refractivity contribution in [3.63, 3.8) is 0 Å². The summed E-state index contributed by atoms with van der Waals surface area (Å²) in [5, 5.41) is 2.43. The fourth-order valence-electron chi connectivity index (χ4n) is 2.48. The summed E-state index contributed by atoms with van der Waals surface area (Å²) in [7, 11) is 1.25. The second-order valence-corrected chi connectivity index (χ2v) is 5.08. The molecule has 1 aliphatic rings. The Kier molecular flexibility index (Phi) is 4.54. The van der Waals surface area contributed by atoms with Crippen LogP contribution in [0.5, 0.6) is 5.75 Å². The first-order valence-corrected chi connectivity index (χ1v) is 6.60. The molecule has 2 atom stereocenters. The Morgan fingerprint density at radius 1 is 1.35 bits per heavy atom. The number of methoxy groups -OCH3 is 1. The summed E-state index contributed by atoms with van der Waals surface area (Å²) in [5.74, 6) is -2.20. The first-order valence-electron chi connectivity index (χ1n) is 6.60. The number of halogens is 2. The minimum atomic E-state index is -0.725. The Bertz CT molecular complexity index is 508. The molecular weight excluding hydrogens is 266 g/mol. The van der Waals surface area contributed by atoms with Gasteiger partial charge in [0.05, 0.1) is 12.8 Å². The van der Waals surface area contributed by atoms with Crippen LogP contribution >= 0.6 is 0 Å². The van der Waals surface area contributed by atoms with Crippen LogP contribution in [-0.2, 0) is 4.79 Å². The monoisotopic (exact) mass is 284 g/mol. The Morgan fingerprint density at radius 2 is 2.10 bits per heavy atom. The zero-order valence-electron chi connectivity index (χ0n) is 11.3. The van der Waals surface area contributed by atoms with Gasteiger partial charge >= 0.3 is 0 Å². The molecule has 0 heterocycles. The fourth-order valence-corrected chi connectivity index (χ4v) is 2.48. The molecule has 0 aliphatic heterocycles. The lowest BCUT2D eigenvalue weighted by molar-refractivity contribution is -0.120. The summed E-state index contributed by atoms with van der Waals surface area (Å²) in [4.78, 5) is 12.0. The maximum absolute atomic E-state index is 13.7. The van der Waals surface area contributed by atoms with Gasteiger partial charge in [0.15, 0.2) is 17.4 Å². The zero-order valence-corrected chi connectivity index (χ0v) is 11.3. The molecule has 0 spiro atoms. The molecule has 1 saturated carbocycles. The van der Waals surface area contributed by atoms with E-state index in [1.165, 1.54) is 7.11 Å². The van der Waals surface area contributed by atoms with Crippen molar-refractivity contribution in [2.75, 3.05) is 12.4 Å². The van der Waals surface area contributed by atoms with Crippen molar-refractivity contribution in [2.45, 2.75) is 31.7 Å². The third kappa shape index (κ3) is 3.25. The average molecular weight is 284 g/mol. The van der Waals surface area contributed by atoms with Gasteiger partial charge in [0.25, 0.3) is 0 Å². The second kappa shape index (κ2) is 6.17. The molecule has 0 bridgehead atoms. The fraction of sp³-hybridized carbons (Fsp3) is 0.500. The highest BCUT2D eigenvalue weighted by molar-refractivity contribution is 5.92. The first kappa shape index (κ1) is 14.7. The molecule has 1 aromatic carbocycles. The number of ether oxygens (including phenoxy) is 1. The highest BCUT2D eigenvalue weighted by Gasteiger charge is 2.26. The maximum Gasteiger partial charge on any atom is 0.227 e. The summed E-state index contributed by atoms with van der Waals surface area (Å²) in [6.45, 7) is 0. The standard InChI is InChI=1S/C14H18F2N2O2/c1-20-13-7-10(15)12(6-11(13)16)18-14(19)8-3-2-4-9(17)5-8/h6-9H,2-5,17H2,1H3,(H,18,19). The summed E-state index contributed by atoms with van der Waals surface area (Å²) in [6.07, 6.45) is 3.07.